The van der Waals surface area contributed by atoms with Crippen LogP contribution in [0.4, 0.5) is 4.79 Å². The highest BCUT2D eigenvalue weighted by Crippen LogP contribution is 2.25. The maximum Gasteiger partial charge on any atom is 0.315 e. The van der Waals surface area contributed by atoms with E-state index in [2.05, 4.69) is 10.6 Å². The first-order valence-corrected chi connectivity index (χ1v) is 6.36. The fraction of sp³-hybridized carbons (Fsp3) is 0.500. The van der Waals surface area contributed by atoms with E-state index in [9.17, 15) is 4.79 Å². The molecule has 1 aromatic carbocycles. The Morgan fingerprint density at radius 2 is 2.05 bits per heavy atom. The van der Waals surface area contributed by atoms with E-state index >= 15 is 0 Å². The van der Waals surface area contributed by atoms with Crippen LogP contribution in [0.25, 0.3) is 0 Å². The number of aliphatic hydroxyl groups excluding tert-OH is 1. The highest BCUT2D eigenvalue weighted by atomic mass is 16.5. The van der Waals surface area contributed by atoms with Crippen molar-refractivity contribution in [2.45, 2.75) is 25.8 Å². The molecule has 5 nitrogen and oxygen atoms in total. The molecule has 0 aliphatic heterocycles. The van der Waals surface area contributed by atoms with Crippen LogP contribution in [0.2, 0.25) is 0 Å². The number of carbonyl (C=O) groups is 1. The number of rotatable bonds is 6. The molecule has 0 aliphatic carbocycles. The van der Waals surface area contributed by atoms with Gasteiger partial charge in [-0.2, -0.15) is 0 Å². The van der Waals surface area contributed by atoms with Gasteiger partial charge in [-0.15, -0.1) is 0 Å². The van der Waals surface area contributed by atoms with Gasteiger partial charge in [0.1, 0.15) is 5.75 Å². The molecule has 2 amide bonds. The molecule has 0 saturated heterocycles. The summed E-state index contributed by atoms with van der Waals surface area (Å²) in [7, 11) is 1.63. The summed E-state index contributed by atoms with van der Waals surface area (Å²) in [5, 5.41) is 14.3. The highest BCUT2D eigenvalue weighted by molar-refractivity contribution is 5.74. The average Bonchev–Trinajstić information content (AvgIpc) is 2.44. The van der Waals surface area contributed by atoms with Gasteiger partial charge in [0.15, 0.2) is 0 Å². The van der Waals surface area contributed by atoms with E-state index in [0.29, 0.717) is 6.54 Å². The Morgan fingerprint density at radius 1 is 1.37 bits per heavy atom. The lowest BCUT2D eigenvalue weighted by Crippen LogP contribution is -2.43. The van der Waals surface area contributed by atoms with Gasteiger partial charge >= 0.3 is 6.03 Å². The van der Waals surface area contributed by atoms with Crippen molar-refractivity contribution < 1.29 is 14.6 Å². The standard InChI is InChI=1S/C14H22N2O3/c1-10(8-15-14(18)16-11(2)9-17)12-6-4-5-7-13(12)19-3/h4-7,10-11,17H,8-9H2,1-3H3,(H2,15,16,18). The normalized spacial score (nSPS) is 13.5. The zero-order valence-electron chi connectivity index (χ0n) is 11.6. The first-order valence-electron chi connectivity index (χ1n) is 6.36. The number of para-hydroxylation sites is 1. The highest BCUT2D eigenvalue weighted by Gasteiger charge is 2.12. The molecule has 0 aliphatic rings. The molecule has 0 aromatic heterocycles. The fourth-order valence-corrected chi connectivity index (χ4v) is 1.75. The summed E-state index contributed by atoms with van der Waals surface area (Å²) in [5.74, 6) is 0.965. The number of methoxy groups -OCH3 is 1. The number of urea groups is 1. The summed E-state index contributed by atoms with van der Waals surface area (Å²) in [5.41, 5.74) is 1.06. The summed E-state index contributed by atoms with van der Waals surface area (Å²) >= 11 is 0. The molecule has 0 heterocycles. The van der Waals surface area contributed by atoms with E-state index in [1.54, 1.807) is 14.0 Å². The van der Waals surface area contributed by atoms with Gasteiger partial charge in [-0.25, -0.2) is 4.79 Å². The number of hydrogen-bond acceptors (Lipinski definition) is 3. The van der Waals surface area contributed by atoms with Crippen LogP contribution in [0.3, 0.4) is 0 Å². The third-order valence-corrected chi connectivity index (χ3v) is 2.89. The molecule has 2 unspecified atom stereocenters. The van der Waals surface area contributed by atoms with Gasteiger partial charge in [-0.05, 0) is 18.6 Å². The number of carbonyl (C=O) groups excluding carboxylic acids is 1. The summed E-state index contributed by atoms with van der Waals surface area (Å²) in [6.45, 7) is 4.19. The molecule has 2 atom stereocenters. The molecule has 0 fully saturated rings. The van der Waals surface area contributed by atoms with Crippen molar-refractivity contribution in [3.8, 4) is 5.75 Å². The Kier molecular flexibility index (Phi) is 6.15. The minimum absolute atomic E-state index is 0.0739. The van der Waals surface area contributed by atoms with Crippen molar-refractivity contribution in [2.75, 3.05) is 20.3 Å². The van der Waals surface area contributed by atoms with Crippen LogP contribution in [0.15, 0.2) is 24.3 Å². The maximum atomic E-state index is 11.5. The Bertz CT molecular complexity index is 409. The van der Waals surface area contributed by atoms with Crippen molar-refractivity contribution in [1.29, 1.82) is 0 Å². The van der Waals surface area contributed by atoms with Crippen LogP contribution in [0, 0.1) is 0 Å². The third-order valence-electron chi connectivity index (χ3n) is 2.89. The molecular weight excluding hydrogens is 244 g/mol. The molecule has 106 valence electrons. The number of amides is 2. The van der Waals surface area contributed by atoms with Crippen molar-refractivity contribution in [3.63, 3.8) is 0 Å². The first kappa shape index (κ1) is 15.3. The molecule has 1 aromatic rings. The number of aliphatic hydroxyl groups is 1. The minimum atomic E-state index is -0.275. The first-order chi connectivity index (χ1) is 9.08. The Morgan fingerprint density at radius 3 is 2.68 bits per heavy atom. The van der Waals surface area contributed by atoms with Crippen LogP contribution < -0.4 is 15.4 Å². The van der Waals surface area contributed by atoms with Crippen molar-refractivity contribution in [3.05, 3.63) is 29.8 Å². The topological polar surface area (TPSA) is 70.6 Å². The quantitative estimate of drug-likeness (QED) is 0.730. The van der Waals surface area contributed by atoms with Crippen molar-refractivity contribution in [2.24, 2.45) is 0 Å². The fourth-order valence-electron chi connectivity index (χ4n) is 1.75. The van der Waals surface area contributed by atoms with Crippen LogP contribution in [-0.2, 0) is 0 Å². The molecule has 1 rings (SSSR count). The van der Waals surface area contributed by atoms with E-state index in [0.717, 1.165) is 11.3 Å². The second-order valence-electron chi connectivity index (χ2n) is 4.58. The van der Waals surface area contributed by atoms with Gasteiger partial charge in [0, 0.05) is 12.5 Å². The molecule has 0 bridgehead atoms. The van der Waals surface area contributed by atoms with Gasteiger partial charge < -0.3 is 20.5 Å². The van der Waals surface area contributed by atoms with Gasteiger partial charge in [0.25, 0.3) is 0 Å². The second-order valence-corrected chi connectivity index (χ2v) is 4.58. The van der Waals surface area contributed by atoms with E-state index < -0.39 is 0 Å². The van der Waals surface area contributed by atoms with E-state index in [-0.39, 0.29) is 24.6 Å². The Hall–Kier alpha value is -1.75. The van der Waals surface area contributed by atoms with Crippen LogP contribution in [0.1, 0.15) is 25.3 Å². The molecule has 0 saturated carbocycles. The predicted octanol–water partition coefficient (Wildman–Crippen LogP) is 1.48. The lowest BCUT2D eigenvalue weighted by atomic mass is 10.0. The third kappa shape index (κ3) is 4.79. The zero-order chi connectivity index (χ0) is 14.3. The van der Waals surface area contributed by atoms with Crippen LogP contribution in [0.5, 0.6) is 5.75 Å². The molecule has 3 N–H and O–H groups in total. The van der Waals surface area contributed by atoms with Crippen LogP contribution in [-0.4, -0.2) is 37.4 Å². The smallest absolute Gasteiger partial charge is 0.315 e. The van der Waals surface area contributed by atoms with Gasteiger partial charge in [0.05, 0.1) is 19.8 Å². The minimum Gasteiger partial charge on any atom is -0.496 e. The molecule has 0 radical (unpaired) electrons. The largest absolute Gasteiger partial charge is 0.496 e. The van der Waals surface area contributed by atoms with Gasteiger partial charge in [-0.1, -0.05) is 25.1 Å². The van der Waals surface area contributed by atoms with E-state index in [1.165, 1.54) is 0 Å². The molecule has 19 heavy (non-hydrogen) atoms. The van der Waals surface area contributed by atoms with E-state index in [4.69, 9.17) is 9.84 Å². The molecular formula is C14H22N2O3. The summed E-state index contributed by atoms with van der Waals surface area (Å²) < 4.78 is 5.29. The molecule has 5 heteroatoms. The Balaban J connectivity index is 2.51. The van der Waals surface area contributed by atoms with Crippen LogP contribution >= 0.6 is 0 Å². The average molecular weight is 266 g/mol. The second kappa shape index (κ2) is 7.63. The number of hydrogen-bond donors (Lipinski definition) is 3. The van der Waals surface area contributed by atoms with Gasteiger partial charge in [-0.3, -0.25) is 0 Å². The molecule has 0 spiro atoms. The predicted molar refractivity (Wildman–Crippen MR) is 74.5 cm³/mol. The lowest BCUT2D eigenvalue weighted by Gasteiger charge is -2.17. The summed E-state index contributed by atoms with van der Waals surface area (Å²) in [6.07, 6.45) is 0. The summed E-state index contributed by atoms with van der Waals surface area (Å²) in [6, 6.07) is 7.23. The number of nitrogens with one attached hydrogen (secondary N) is 2. The maximum absolute atomic E-state index is 11.5. The van der Waals surface area contributed by atoms with Crippen molar-refractivity contribution >= 4 is 6.03 Å². The van der Waals surface area contributed by atoms with E-state index in [1.807, 2.05) is 31.2 Å². The monoisotopic (exact) mass is 266 g/mol. The van der Waals surface area contributed by atoms with Gasteiger partial charge in [0.2, 0.25) is 0 Å². The van der Waals surface area contributed by atoms with Crippen molar-refractivity contribution in [1.82, 2.24) is 10.6 Å². The SMILES string of the molecule is COc1ccccc1C(C)CNC(=O)NC(C)CO. The lowest BCUT2D eigenvalue weighted by molar-refractivity contribution is 0.220. The zero-order valence-corrected chi connectivity index (χ0v) is 11.6. The Labute approximate surface area is 114 Å². The summed E-state index contributed by atoms with van der Waals surface area (Å²) in [4.78, 5) is 11.5. The number of ether oxygens (including phenoxy) is 1. The number of benzene rings is 1.